The first-order chi connectivity index (χ1) is 14.7. The molecule has 4 nitrogen and oxygen atoms in total. The predicted molar refractivity (Wildman–Crippen MR) is 110 cm³/mol. The highest BCUT2D eigenvalue weighted by Crippen LogP contribution is 2.49. The molecule has 31 heavy (non-hydrogen) atoms. The topological polar surface area (TPSA) is 32.8 Å². The third kappa shape index (κ3) is 3.58. The van der Waals surface area contributed by atoms with Crippen LogP contribution in [0.15, 0.2) is 18.2 Å². The van der Waals surface area contributed by atoms with Gasteiger partial charge in [-0.2, -0.15) is 13.2 Å². The molecule has 3 fully saturated rings. The number of carbonyl (C=O) groups excluding carboxylic acids is 1. The molecule has 170 valence electrons. The average molecular weight is 437 g/mol. The smallest absolute Gasteiger partial charge is 0.375 e. The molecule has 2 saturated heterocycles. The second kappa shape index (κ2) is 7.48. The maximum absolute atomic E-state index is 13.8. The number of halogens is 3. The van der Waals surface area contributed by atoms with Crippen molar-refractivity contribution in [1.82, 2.24) is 9.80 Å². The van der Waals surface area contributed by atoms with Crippen LogP contribution >= 0.6 is 0 Å². The highest BCUT2D eigenvalue weighted by molar-refractivity contribution is 5.84. The molecule has 7 heteroatoms. The van der Waals surface area contributed by atoms with E-state index in [-0.39, 0.29) is 18.4 Å². The Balaban J connectivity index is 1.35. The maximum Gasteiger partial charge on any atom is 0.416 e. The summed E-state index contributed by atoms with van der Waals surface area (Å²) in [4.78, 5) is 18.2. The number of benzene rings is 1. The minimum atomic E-state index is -4.36. The molecule has 0 aromatic heterocycles. The number of carbonyl (C=O) groups is 1. The molecule has 0 N–H and O–H groups in total. The van der Waals surface area contributed by atoms with E-state index < -0.39 is 17.2 Å². The van der Waals surface area contributed by atoms with E-state index >= 15 is 0 Å². The largest absolute Gasteiger partial charge is 0.416 e. The van der Waals surface area contributed by atoms with Crippen LogP contribution in [0.4, 0.5) is 13.2 Å². The Morgan fingerprint density at radius 2 is 2.03 bits per heavy atom. The number of rotatable bonds is 3. The molecule has 4 aliphatic rings. The summed E-state index contributed by atoms with van der Waals surface area (Å²) >= 11 is 0. The minimum absolute atomic E-state index is 0.133. The number of fused-ring (bicyclic) bond motifs is 3. The first kappa shape index (κ1) is 21.3. The Bertz CT molecular complexity index is 871. The number of amides is 1. The summed E-state index contributed by atoms with van der Waals surface area (Å²) in [5, 5.41) is 0. The molecule has 1 amide bonds. The van der Waals surface area contributed by atoms with Gasteiger partial charge < -0.3 is 9.64 Å². The Labute approximate surface area is 181 Å². The summed E-state index contributed by atoms with van der Waals surface area (Å²) in [7, 11) is 0. The summed E-state index contributed by atoms with van der Waals surface area (Å²) in [6.07, 6.45) is 0.408. The molecular weight excluding hydrogens is 405 g/mol. The fourth-order valence-corrected chi connectivity index (χ4v) is 6.40. The summed E-state index contributed by atoms with van der Waals surface area (Å²) in [5.41, 5.74) is 0.503. The van der Waals surface area contributed by atoms with Gasteiger partial charge in [0.05, 0.1) is 23.7 Å². The molecule has 0 radical (unpaired) electrons. The summed E-state index contributed by atoms with van der Waals surface area (Å²) in [6, 6.07) is 4.85. The molecule has 2 bridgehead atoms. The molecule has 1 aliphatic carbocycles. The number of alkyl halides is 3. The van der Waals surface area contributed by atoms with Crippen LogP contribution in [0.3, 0.4) is 0 Å². The lowest BCUT2D eigenvalue weighted by Gasteiger charge is -2.40. The number of ether oxygens (including phenoxy) is 1. The SMILES string of the molecule is CC(C)C1(C(=O)N2CCc3ccc(C(F)(F)F)cc3C2)CCC(N2CC3C[C@@H]2CO3)C1. The van der Waals surface area contributed by atoms with Gasteiger partial charge in [-0.3, -0.25) is 9.69 Å². The molecule has 1 saturated carbocycles. The third-order valence-electron chi connectivity index (χ3n) is 8.30. The van der Waals surface area contributed by atoms with E-state index in [1.165, 1.54) is 6.07 Å². The summed E-state index contributed by atoms with van der Waals surface area (Å²) in [6.45, 7) is 6.87. The zero-order valence-electron chi connectivity index (χ0n) is 18.3. The normalized spacial score (nSPS) is 33.4. The van der Waals surface area contributed by atoms with E-state index in [1.807, 2.05) is 4.90 Å². The summed E-state index contributed by atoms with van der Waals surface area (Å²) < 4.78 is 45.3. The molecule has 5 rings (SSSR count). The molecule has 4 atom stereocenters. The van der Waals surface area contributed by atoms with Crippen LogP contribution in [-0.4, -0.2) is 53.6 Å². The molecule has 1 aromatic carbocycles. The Morgan fingerprint density at radius 1 is 1.23 bits per heavy atom. The number of likely N-dealkylation sites (tertiary alicyclic amines) is 1. The van der Waals surface area contributed by atoms with Crippen LogP contribution in [-0.2, 0) is 28.7 Å². The Hall–Kier alpha value is -1.60. The van der Waals surface area contributed by atoms with E-state index in [1.54, 1.807) is 6.07 Å². The van der Waals surface area contributed by atoms with Crippen LogP contribution in [0.2, 0.25) is 0 Å². The lowest BCUT2D eigenvalue weighted by atomic mass is 9.73. The standard InChI is InChI=1S/C24H31F3N2O2/c1-15(2)23(7-5-19(11-23)29-13-21-10-20(29)14-31-21)22(30)28-8-6-16-3-4-18(24(25,26)27)9-17(16)12-28/h3-4,9,15,19-21H,5-8,10-14H2,1-2H3/t19?,20-,21?,23?/m1/s1. The van der Waals surface area contributed by atoms with Crippen LogP contribution < -0.4 is 0 Å². The lowest BCUT2D eigenvalue weighted by Crippen LogP contribution is -2.49. The van der Waals surface area contributed by atoms with Gasteiger partial charge in [-0.15, -0.1) is 0 Å². The predicted octanol–water partition coefficient (Wildman–Crippen LogP) is 4.26. The molecular formula is C24H31F3N2O2. The van der Waals surface area contributed by atoms with E-state index in [9.17, 15) is 18.0 Å². The monoisotopic (exact) mass is 436 g/mol. The average Bonchev–Trinajstić information content (AvgIpc) is 3.47. The second-order valence-corrected chi connectivity index (χ2v) is 10.2. The first-order valence-electron chi connectivity index (χ1n) is 11.5. The Kier molecular flexibility index (Phi) is 5.13. The van der Waals surface area contributed by atoms with Crippen LogP contribution in [0, 0.1) is 11.3 Å². The van der Waals surface area contributed by atoms with Gasteiger partial charge in [0.25, 0.3) is 0 Å². The van der Waals surface area contributed by atoms with Crippen LogP contribution in [0.1, 0.15) is 56.2 Å². The zero-order valence-corrected chi connectivity index (χ0v) is 18.3. The fraction of sp³-hybridized carbons (Fsp3) is 0.708. The van der Waals surface area contributed by atoms with Gasteiger partial charge >= 0.3 is 6.18 Å². The number of morpholine rings is 1. The van der Waals surface area contributed by atoms with E-state index in [0.29, 0.717) is 36.7 Å². The number of nitrogens with zero attached hydrogens (tertiary/aromatic N) is 2. The van der Waals surface area contributed by atoms with Gasteiger partial charge in [-0.1, -0.05) is 19.9 Å². The quantitative estimate of drug-likeness (QED) is 0.710. The van der Waals surface area contributed by atoms with Gasteiger partial charge in [0.1, 0.15) is 0 Å². The van der Waals surface area contributed by atoms with Gasteiger partial charge in [0, 0.05) is 31.7 Å². The van der Waals surface area contributed by atoms with Crippen molar-refractivity contribution in [1.29, 1.82) is 0 Å². The maximum atomic E-state index is 13.8. The van der Waals surface area contributed by atoms with Crippen molar-refractivity contribution in [3.63, 3.8) is 0 Å². The van der Waals surface area contributed by atoms with Crippen molar-refractivity contribution in [3.05, 3.63) is 34.9 Å². The second-order valence-electron chi connectivity index (χ2n) is 10.2. The van der Waals surface area contributed by atoms with Crippen molar-refractivity contribution in [2.24, 2.45) is 11.3 Å². The third-order valence-corrected chi connectivity index (χ3v) is 8.30. The molecule has 3 heterocycles. The van der Waals surface area contributed by atoms with Crippen molar-refractivity contribution in [2.45, 2.75) is 76.9 Å². The number of hydrogen-bond acceptors (Lipinski definition) is 3. The van der Waals surface area contributed by atoms with E-state index in [2.05, 4.69) is 18.7 Å². The van der Waals surface area contributed by atoms with Crippen LogP contribution in [0.25, 0.3) is 0 Å². The molecule has 3 aliphatic heterocycles. The van der Waals surface area contributed by atoms with Crippen molar-refractivity contribution < 1.29 is 22.7 Å². The lowest BCUT2D eigenvalue weighted by molar-refractivity contribution is -0.146. The highest BCUT2D eigenvalue weighted by atomic mass is 19.4. The van der Waals surface area contributed by atoms with E-state index in [4.69, 9.17) is 4.74 Å². The van der Waals surface area contributed by atoms with Gasteiger partial charge in [0.2, 0.25) is 5.91 Å². The van der Waals surface area contributed by atoms with E-state index in [0.717, 1.165) is 50.5 Å². The fourth-order valence-electron chi connectivity index (χ4n) is 6.40. The minimum Gasteiger partial charge on any atom is -0.375 e. The van der Waals surface area contributed by atoms with Crippen molar-refractivity contribution in [2.75, 3.05) is 19.7 Å². The summed E-state index contributed by atoms with van der Waals surface area (Å²) in [5.74, 6) is 0.331. The van der Waals surface area contributed by atoms with Crippen LogP contribution in [0.5, 0.6) is 0 Å². The van der Waals surface area contributed by atoms with Gasteiger partial charge in [0.15, 0.2) is 0 Å². The van der Waals surface area contributed by atoms with Gasteiger partial charge in [-0.25, -0.2) is 0 Å². The van der Waals surface area contributed by atoms with Gasteiger partial charge in [-0.05, 0) is 61.3 Å². The molecule has 1 aromatic rings. The molecule has 0 spiro atoms. The first-order valence-corrected chi connectivity index (χ1v) is 11.5. The molecule has 3 unspecified atom stereocenters. The van der Waals surface area contributed by atoms with Crippen molar-refractivity contribution >= 4 is 5.91 Å². The zero-order chi connectivity index (χ0) is 22.0. The highest BCUT2D eigenvalue weighted by Gasteiger charge is 2.53. The van der Waals surface area contributed by atoms with Crippen molar-refractivity contribution in [3.8, 4) is 0 Å². The number of hydrogen-bond donors (Lipinski definition) is 0. The Morgan fingerprint density at radius 3 is 2.68 bits per heavy atom.